The Labute approximate surface area is 112 Å². The summed E-state index contributed by atoms with van der Waals surface area (Å²) >= 11 is 1.60. The van der Waals surface area contributed by atoms with E-state index in [0.29, 0.717) is 19.0 Å². The number of hydrogen-bond donors (Lipinski definition) is 2. The monoisotopic (exact) mass is 267 g/mol. The lowest BCUT2D eigenvalue weighted by molar-refractivity contribution is -0.121. The van der Waals surface area contributed by atoms with Crippen molar-refractivity contribution < 1.29 is 4.79 Å². The normalized spacial score (nSPS) is 19.7. The number of nitrogens with one attached hydrogen (secondary N) is 2. The van der Waals surface area contributed by atoms with Crippen LogP contribution in [0.5, 0.6) is 0 Å². The van der Waals surface area contributed by atoms with Gasteiger partial charge in [0.1, 0.15) is 0 Å². The molecule has 1 fully saturated rings. The van der Waals surface area contributed by atoms with Gasteiger partial charge in [0, 0.05) is 30.8 Å². The summed E-state index contributed by atoms with van der Waals surface area (Å²) in [6, 6.07) is 0.544. The molecule has 1 amide bonds. The van der Waals surface area contributed by atoms with E-state index >= 15 is 0 Å². The summed E-state index contributed by atoms with van der Waals surface area (Å²) in [6.07, 6.45) is 6.21. The van der Waals surface area contributed by atoms with Gasteiger partial charge in [-0.3, -0.25) is 4.79 Å². The average molecular weight is 267 g/mol. The third-order valence-electron chi connectivity index (χ3n) is 3.32. The summed E-state index contributed by atoms with van der Waals surface area (Å²) in [4.78, 5) is 15.8. The van der Waals surface area contributed by atoms with Gasteiger partial charge in [0.15, 0.2) is 0 Å². The van der Waals surface area contributed by atoms with E-state index in [2.05, 4.69) is 15.6 Å². The van der Waals surface area contributed by atoms with E-state index in [1.165, 1.54) is 19.3 Å². The largest absolute Gasteiger partial charge is 0.356 e. The Bertz CT molecular complexity index is 347. The van der Waals surface area contributed by atoms with Crippen molar-refractivity contribution in [3.8, 4) is 0 Å². The van der Waals surface area contributed by atoms with Crippen molar-refractivity contribution in [2.24, 2.45) is 0 Å². The molecule has 4 nitrogen and oxygen atoms in total. The van der Waals surface area contributed by atoms with Crippen molar-refractivity contribution in [1.82, 2.24) is 15.6 Å². The fraction of sp³-hybridized carbons (Fsp3) is 0.692. The summed E-state index contributed by atoms with van der Waals surface area (Å²) in [5.74, 6) is 0.164. The zero-order valence-electron chi connectivity index (χ0n) is 10.7. The molecule has 1 saturated heterocycles. The zero-order valence-corrected chi connectivity index (χ0v) is 11.5. The molecule has 18 heavy (non-hydrogen) atoms. The fourth-order valence-electron chi connectivity index (χ4n) is 2.26. The SMILES string of the molecule is O=C(CCC1CCCCN1)NCCc1cscn1. The molecule has 0 radical (unpaired) electrons. The highest BCUT2D eigenvalue weighted by molar-refractivity contribution is 7.07. The molecule has 1 aliphatic heterocycles. The number of hydrogen-bond acceptors (Lipinski definition) is 4. The number of rotatable bonds is 6. The van der Waals surface area contributed by atoms with Crippen molar-refractivity contribution in [2.45, 2.75) is 44.6 Å². The van der Waals surface area contributed by atoms with Gasteiger partial charge in [0.2, 0.25) is 5.91 Å². The van der Waals surface area contributed by atoms with E-state index < -0.39 is 0 Å². The number of nitrogens with zero attached hydrogens (tertiary/aromatic N) is 1. The second-order valence-corrected chi connectivity index (χ2v) is 5.48. The van der Waals surface area contributed by atoms with Crippen LogP contribution in [-0.4, -0.2) is 30.0 Å². The molecular weight excluding hydrogens is 246 g/mol. The first-order chi connectivity index (χ1) is 8.84. The van der Waals surface area contributed by atoms with E-state index in [1.54, 1.807) is 11.3 Å². The van der Waals surface area contributed by atoms with Crippen LogP contribution in [0.3, 0.4) is 0 Å². The number of amides is 1. The van der Waals surface area contributed by atoms with Crippen LogP contribution in [0.2, 0.25) is 0 Å². The van der Waals surface area contributed by atoms with Crippen LogP contribution in [0.1, 0.15) is 37.8 Å². The molecule has 5 heteroatoms. The average Bonchev–Trinajstić information content (AvgIpc) is 2.91. The van der Waals surface area contributed by atoms with Gasteiger partial charge in [-0.15, -0.1) is 11.3 Å². The first-order valence-corrected chi connectivity index (χ1v) is 7.66. The lowest BCUT2D eigenvalue weighted by Gasteiger charge is -2.23. The highest BCUT2D eigenvalue weighted by Gasteiger charge is 2.13. The van der Waals surface area contributed by atoms with Crippen LogP contribution in [0.25, 0.3) is 0 Å². The zero-order chi connectivity index (χ0) is 12.6. The Kier molecular flexibility index (Phi) is 5.61. The third kappa shape index (κ3) is 4.74. The number of carbonyl (C=O) groups is 1. The number of carbonyl (C=O) groups excluding carboxylic acids is 1. The summed E-state index contributed by atoms with van der Waals surface area (Å²) < 4.78 is 0. The summed E-state index contributed by atoms with van der Waals surface area (Å²) in [5.41, 5.74) is 2.89. The molecule has 1 aromatic rings. The molecule has 2 N–H and O–H groups in total. The van der Waals surface area contributed by atoms with Crippen LogP contribution in [0.4, 0.5) is 0 Å². The minimum Gasteiger partial charge on any atom is -0.356 e. The summed E-state index contributed by atoms with van der Waals surface area (Å²) in [6.45, 7) is 1.80. The standard InChI is InChI=1S/C13H21N3OS/c17-13(5-4-11-3-1-2-7-14-11)15-8-6-12-9-18-10-16-12/h9-11,14H,1-8H2,(H,15,17). The minimum absolute atomic E-state index is 0.164. The van der Waals surface area contributed by atoms with Crippen LogP contribution >= 0.6 is 11.3 Å². The molecule has 1 aromatic heterocycles. The van der Waals surface area contributed by atoms with Crippen LogP contribution in [-0.2, 0) is 11.2 Å². The molecule has 0 aromatic carbocycles. The number of piperidine rings is 1. The van der Waals surface area contributed by atoms with Gasteiger partial charge in [0.05, 0.1) is 11.2 Å². The predicted octanol–water partition coefficient (Wildman–Crippen LogP) is 1.72. The first-order valence-electron chi connectivity index (χ1n) is 6.72. The number of aromatic nitrogens is 1. The highest BCUT2D eigenvalue weighted by atomic mass is 32.1. The minimum atomic E-state index is 0.164. The van der Waals surface area contributed by atoms with Gasteiger partial charge < -0.3 is 10.6 Å². The maximum absolute atomic E-state index is 11.7. The number of thiazole rings is 1. The summed E-state index contributed by atoms with van der Waals surface area (Å²) in [7, 11) is 0. The molecule has 0 saturated carbocycles. The molecule has 100 valence electrons. The van der Waals surface area contributed by atoms with E-state index in [4.69, 9.17) is 0 Å². The van der Waals surface area contributed by atoms with Gasteiger partial charge >= 0.3 is 0 Å². The Morgan fingerprint density at radius 3 is 3.22 bits per heavy atom. The molecule has 0 bridgehead atoms. The third-order valence-corrected chi connectivity index (χ3v) is 3.95. The Hall–Kier alpha value is -0.940. The van der Waals surface area contributed by atoms with Crippen LogP contribution in [0, 0.1) is 0 Å². The highest BCUT2D eigenvalue weighted by Crippen LogP contribution is 2.11. The molecular formula is C13H21N3OS. The van der Waals surface area contributed by atoms with Gasteiger partial charge in [-0.2, -0.15) is 0 Å². The van der Waals surface area contributed by atoms with Crippen molar-refractivity contribution in [2.75, 3.05) is 13.1 Å². The molecule has 1 unspecified atom stereocenters. The fourth-order valence-corrected chi connectivity index (χ4v) is 2.85. The molecule has 2 rings (SSSR count). The first kappa shape index (κ1) is 13.5. The lowest BCUT2D eigenvalue weighted by Crippen LogP contribution is -2.35. The Morgan fingerprint density at radius 2 is 2.50 bits per heavy atom. The Balaban J connectivity index is 1.54. The van der Waals surface area contributed by atoms with Gasteiger partial charge in [0.25, 0.3) is 0 Å². The van der Waals surface area contributed by atoms with Crippen LogP contribution in [0.15, 0.2) is 10.9 Å². The smallest absolute Gasteiger partial charge is 0.220 e. The predicted molar refractivity (Wildman–Crippen MR) is 73.7 cm³/mol. The maximum Gasteiger partial charge on any atom is 0.220 e. The lowest BCUT2D eigenvalue weighted by atomic mass is 10.0. The van der Waals surface area contributed by atoms with E-state index in [1.807, 2.05) is 10.9 Å². The molecule has 0 aliphatic carbocycles. The molecule has 0 spiro atoms. The Morgan fingerprint density at radius 1 is 1.56 bits per heavy atom. The van der Waals surface area contributed by atoms with E-state index in [-0.39, 0.29) is 5.91 Å². The van der Waals surface area contributed by atoms with Gasteiger partial charge in [-0.25, -0.2) is 4.98 Å². The quantitative estimate of drug-likeness (QED) is 0.825. The topological polar surface area (TPSA) is 54.0 Å². The van der Waals surface area contributed by atoms with Crippen molar-refractivity contribution in [3.63, 3.8) is 0 Å². The molecule has 1 aliphatic rings. The van der Waals surface area contributed by atoms with E-state index in [9.17, 15) is 4.79 Å². The van der Waals surface area contributed by atoms with Crippen LogP contribution < -0.4 is 10.6 Å². The van der Waals surface area contributed by atoms with E-state index in [0.717, 1.165) is 25.1 Å². The second-order valence-electron chi connectivity index (χ2n) is 4.77. The van der Waals surface area contributed by atoms with Crippen molar-refractivity contribution >= 4 is 17.2 Å². The molecule has 1 atom stereocenters. The van der Waals surface area contributed by atoms with Crippen molar-refractivity contribution in [1.29, 1.82) is 0 Å². The van der Waals surface area contributed by atoms with Gasteiger partial charge in [-0.1, -0.05) is 6.42 Å². The summed E-state index contributed by atoms with van der Waals surface area (Å²) in [5, 5.41) is 8.45. The molecule has 2 heterocycles. The van der Waals surface area contributed by atoms with Gasteiger partial charge in [-0.05, 0) is 25.8 Å². The second kappa shape index (κ2) is 7.48. The van der Waals surface area contributed by atoms with Crippen molar-refractivity contribution in [3.05, 3.63) is 16.6 Å². The maximum atomic E-state index is 11.7.